The Balaban J connectivity index is 1.57. The van der Waals surface area contributed by atoms with Gasteiger partial charge in [0.2, 0.25) is 6.23 Å². The maximum Gasteiger partial charge on any atom is 0.308 e. The molecule has 0 N–H and O–H groups in total. The summed E-state index contributed by atoms with van der Waals surface area (Å²) in [5.41, 5.74) is 4.12. The average Bonchev–Trinajstić information content (AvgIpc) is 3.25. The van der Waals surface area contributed by atoms with Crippen molar-refractivity contribution in [2.75, 3.05) is 7.11 Å². The molecule has 6 nitrogen and oxygen atoms in total. The Kier molecular flexibility index (Phi) is 4.82. The number of methoxy groups -OCH3 is 1. The lowest BCUT2D eigenvalue weighted by Gasteiger charge is -2.38. The zero-order valence-corrected chi connectivity index (χ0v) is 17.3. The first-order valence-corrected chi connectivity index (χ1v) is 10.2. The van der Waals surface area contributed by atoms with E-state index in [1.54, 1.807) is 13.2 Å². The van der Waals surface area contributed by atoms with Crippen LogP contribution in [0.2, 0.25) is 0 Å². The zero-order valence-electron chi connectivity index (χ0n) is 17.3. The SMILES string of the molecule is COc1cc([C@H]2Oc3ccccc3[C@@H]3CC(c4ccccc4)=NN23)ccc1OC(C)=O. The van der Waals surface area contributed by atoms with Crippen molar-refractivity contribution in [2.24, 2.45) is 5.10 Å². The van der Waals surface area contributed by atoms with Crippen molar-refractivity contribution in [1.29, 1.82) is 0 Å². The molecule has 31 heavy (non-hydrogen) atoms. The molecule has 5 rings (SSSR count). The largest absolute Gasteiger partial charge is 0.493 e. The van der Waals surface area contributed by atoms with Crippen LogP contribution in [-0.4, -0.2) is 23.8 Å². The van der Waals surface area contributed by atoms with Gasteiger partial charge in [0.05, 0.1) is 18.9 Å². The summed E-state index contributed by atoms with van der Waals surface area (Å²) in [6.45, 7) is 1.36. The van der Waals surface area contributed by atoms with E-state index in [9.17, 15) is 4.79 Å². The van der Waals surface area contributed by atoms with Gasteiger partial charge >= 0.3 is 5.97 Å². The van der Waals surface area contributed by atoms with Gasteiger partial charge in [-0.1, -0.05) is 48.5 Å². The highest BCUT2D eigenvalue weighted by Crippen LogP contribution is 2.48. The molecule has 0 aliphatic carbocycles. The summed E-state index contributed by atoms with van der Waals surface area (Å²) in [5.74, 6) is 1.30. The molecule has 2 aliphatic rings. The van der Waals surface area contributed by atoms with Crippen molar-refractivity contribution >= 4 is 11.7 Å². The second-order valence-electron chi connectivity index (χ2n) is 7.52. The number of para-hydroxylation sites is 1. The van der Waals surface area contributed by atoms with Crippen LogP contribution in [0.5, 0.6) is 17.2 Å². The summed E-state index contributed by atoms with van der Waals surface area (Å²) < 4.78 is 17.1. The predicted octanol–water partition coefficient (Wildman–Crippen LogP) is 4.86. The number of ether oxygens (including phenoxy) is 3. The molecule has 0 radical (unpaired) electrons. The smallest absolute Gasteiger partial charge is 0.308 e. The van der Waals surface area contributed by atoms with Gasteiger partial charge in [0, 0.05) is 24.5 Å². The quantitative estimate of drug-likeness (QED) is 0.451. The summed E-state index contributed by atoms with van der Waals surface area (Å²) in [6, 6.07) is 23.8. The molecular formula is C25H22N2O4. The van der Waals surface area contributed by atoms with Gasteiger partial charge in [-0.05, 0) is 29.8 Å². The second-order valence-corrected chi connectivity index (χ2v) is 7.52. The van der Waals surface area contributed by atoms with E-state index in [-0.39, 0.29) is 6.04 Å². The van der Waals surface area contributed by atoms with Crippen molar-refractivity contribution in [3.05, 3.63) is 89.5 Å². The Labute approximate surface area is 180 Å². The number of benzene rings is 3. The highest BCUT2D eigenvalue weighted by molar-refractivity contribution is 6.01. The summed E-state index contributed by atoms with van der Waals surface area (Å²) in [7, 11) is 1.55. The third kappa shape index (κ3) is 3.50. The number of hydrogen-bond acceptors (Lipinski definition) is 6. The molecule has 6 heteroatoms. The molecule has 2 aliphatic heterocycles. The van der Waals surface area contributed by atoms with Gasteiger partial charge in [0.15, 0.2) is 11.5 Å². The number of carbonyl (C=O) groups is 1. The topological polar surface area (TPSA) is 60.4 Å². The lowest BCUT2D eigenvalue weighted by molar-refractivity contribution is -0.132. The van der Waals surface area contributed by atoms with Gasteiger partial charge in [-0.25, -0.2) is 5.01 Å². The molecule has 0 unspecified atom stereocenters. The molecule has 0 saturated heterocycles. The summed E-state index contributed by atoms with van der Waals surface area (Å²) in [6.07, 6.45) is 0.366. The van der Waals surface area contributed by atoms with E-state index in [2.05, 4.69) is 18.2 Å². The number of esters is 1. The Bertz CT molecular complexity index is 1160. The lowest BCUT2D eigenvalue weighted by atomic mass is 9.96. The van der Waals surface area contributed by atoms with Crippen molar-refractivity contribution in [3.8, 4) is 17.2 Å². The van der Waals surface area contributed by atoms with Gasteiger partial charge < -0.3 is 14.2 Å². The number of fused-ring (bicyclic) bond motifs is 3. The number of rotatable bonds is 4. The van der Waals surface area contributed by atoms with Crippen LogP contribution >= 0.6 is 0 Å². The van der Waals surface area contributed by atoms with Crippen molar-refractivity contribution in [3.63, 3.8) is 0 Å². The summed E-state index contributed by atoms with van der Waals surface area (Å²) in [5, 5.41) is 6.98. The first kappa shape index (κ1) is 19.2. The number of hydrogen-bond donors (Lipinski definition) is 0. The Morgan fingerprint density at radius 3 is 2.58 bits per heavy atom. The van der Waals surface area contributed by atoms with Crippen molar-refractivity contribution in [1.82, 2.24) is 5.01 Å². The monoisotopic (exact) mass is 414 g/mol. The van der Waals surface area contributed by atoms with Gasteiger partial charge in [0.25, 0.3) is 0 Å². The maximum atomic E-state index is 11.4. The first-order valence-electron chi connectivity index (χ1n) is 10.2. The Hall–Kier alpha value is -3.80. The highest BCUT2D eigenvalue weighted by Gasteiger charge is 2.41. The predicted molar refractivity (Wildman–Crippen MR) is 116 cm³/mol. The first-order chi connectivity index (χ1) is 15.1. The van der Waals surface area contributed by atoms with E-state index in [1.165, 1.54) is 6.92 Å². The van der Waals surface area contributed by atoms with Crippen molar-refractivity contribution in [2.45, 2.75) is 25.6 Å². The molecular weight excluding hydrogens is 392 g/mol. The fourth-order valence-electron chi connectivity index (χ4n) is 4.14. The maximum absolute atomic E-state index is 11.4. The number of carbonyl (C=O) groups excluding carboxylic acids is 1. The molecule has 3 aromatic carbocycles. The molecule has 3 aromatic rings. The summed E-state index contributed by atoms with van der Waals surface area (Å²) >= 11 is 0. The molecule has 0 saturated carbocycles. The molecule has 0 bridgehead atoms. The van der Waals surface area contributed by atoms with E-state index in [0.29, 0.717) is 11.5 Å². The standard InChI is InChI=1S/C25H22N2O4/c1-16(28)30-23-13-12-18(14-24(23)29-2)25-27-21(19-10-6-7-11-22(19)31-25)15-20(26-27)17-8-4-3-5-9-17/h3-14,21,25H,15H2,1-2H3/t21-,25+/m0/s1. The van der Waals surface area contributed by atoms with Crippen LogP contribution < -0.4 is 14.2 Å². The number of hydrazone groups is 1. The minimum atomic E-state index is -0.429. The van der Waals surface area contributed by atoms with Crippen LogP contribution in [0.3, 0.4) is 0 Å². The van der Waals surface area contributed by atoms with Gasteiger partial charge in [-0.2, -0.15) is 5.10 Å². The number of nitrogens with zero attached hydrogens (tertiary/aromatic N) is 2. The van der Waals surface area contributed by atoms with E-state index in [0.717, 1.165) is 34.6 Å². The van der Waals surface area contributed by atoms with Crippen molar-refractivity contribution < 1.29 is 19.0 Å². The van der Waals surface area contributed by atoms with Crippen LogP contribution in [-0.2, 0) is 4.79 Å². The van der Waals surface area contributed by atoms with Crippen LogP contribution in [0.25, 0.3) is 0 Å². The molecule has 0 amide bonds. The van der Waals surface area contributed by atoms with Crippen LogP contribution in [0.15, 0.2) is 77.9 Å². The van der Waals surface area contributed by atoms with Crippen LogP contribution in [0.1, 0.15) is 42.3 Å². The Morgan fingerprint density at radius 1 is 1.03 bits per heavy atom. The molecule has 0 aromatic heterocycles. The second kappa shape index (κ2) is 7.80. The van der Waals surface area contributed by atoms with Gasteiger partial charge in [-0.3, -0.25) is 4.79 Å². The zero-order chi connectivity index (χ0) is 21.4. The fourth-order valence-corrected chi connectivity index (χ4v) is 4.14. The third-order valence-corrected chi connectivity index (χ3v) is 5.53. The van der Waals surface area contributed by atoms with E-state index in [1.807, 2.05) is 53.5 Å². The molecule has 0 spiro atoms. The minimum Gasteiger partial charge on any atom is -0.493 e. The van der Waals surface area contributed by atoms with Gasteiger partial charge in [0.1, 0.15) is 5.75 Å². The van der Waals surface area contributed by atoms with Crippen LogP contribution in [0, 0.1) is 0 Å². The van der Waals surface area contributed by atoms with Gasteiger partial charge in [-0.15, -0.1) is 0 Å². The Morgan fingerprint density at radius 2 is 1.81 bits per heavy atom. The van der Waals surface area contributed by atoms with Crippen LogP contribution in [0.4, 0.5) is 0 Å². The minimum absolute atomic E-state index is 0.0734. The fraction of sp³-hybridized carbons (Fsp3) is 0.200. The lowest BCUT2D eigenvalue weighted by Crippen LogP contribution is -2.33. The average molecular weight is 414 g/mol. The highest BCUT2D eigenvalue weighted by atomic mass is 16.6. The summed E-state index contributed by atoms with van der Waals surface area (Å²) in [4.78, 5) is 11.4. The van der Waals surface area contributed by atoms with E-state index >= 15 is 0 Å². The third-order valence-electron chi connectivity index (χ3n) is 5.53. The molecule has 2 atom stereocenters. The normalized spacial score (nSPS) is 19.0. The molecule has 0 fully saturated rings. The van der Waals surface area contributed by atoms with E-state index in [4.69, 9.17) is 19.3 Å². The molecule has 2 heterocycles. The van der Waals surface area contributed by atoms with E-state index < -0.39 is 12.2 Å². The molecule has 156 valence electrons.